The van der Waals surface area contributed by atoms with Crippen molar-refractivity contribution >= 4 is 0 Å². The predicted octanol–water partition coefficient (Wildman–Crippen LogP) is 1.10. The minimum atomic E-state index is -0.240. The Morgan fingerprint density at radius 2 is 1.72 bits per heavy atom. The van der Waals surface area contributed by atoms with Gasteiger partial charge in [0.25, 0.3) is 0 Å². The van der Waals surface area contributed by atoms with E-state index in [1.54, 1.807) is 7.11 Å². The molecule has 0 aliphatic rings. The van der Waals surface area contributed by atoms with Crippen LogP contribution in [0.15, 0.2) is 12.1 Å². The molecule has 0 amide bonds. The lowest BCUT2D eigenvalue weighted by Crippen LogP contribution is -2.37. The average molecular weight is 253 g/mol. The molecule has 0 fully saturated rings. The first-order valence-electron chi connectivity index (χ1n) is 6.09. The zero-order valence-electron chi connectivity index (χ0n) is 11.6. The molecule has 0 saturated heterocycles. The van der Waals surface area contributed by atoms with Crippen LogP contribution in [0, 0.1) is 13.8 Å². The molecule has 0 spiro atoms. The van der Waals surface area contributed by atoms with E-state index < -0.39 is 0 Å². The molecule has 102 valence electrons. The molecule has 1 aromatic rings. The smallest absolute Gasteiger partial charge is 0.123 e. The van der Waals surface area contributed by atoms with Crippen LogP contribution in [0.1, 0.15) is 16.7 Å². The van der Waals surface area contributed by atoms with Gasteiger partial charge >= 0.3 is 0 Å². The van der Waals surface area contributed by atoms with E-state index in [4.69, 9.17) is 14.9 Å². The number of aryl methyl sites for hydroxylation is 2. The normalized spacial score (nSPS) is 11.3. The van der Waals surface area contributed by atoms with E-state index in [1.165, 1.54) is 11.1 Å². The number of methoxy groups -OCH3 is 1. The molecule has 0 aliphatic heterocycles. The number of nitrogens with zero attached hydrogens (tertiary/aromatic N) is 1. The highest BCUT2D eigenvalue weighted by atomic mass is 16.5. The van der Waals surface area contributed by atoms with Crippen LogP contribution in [-0.2, 0) is 6.54 Å². The van der Waals surface area contributed by atoms with Crippen LogP contribution in [-0.4, -0.2) is 48.5 Å². The Labute approximate surface area is 109 Å². The van der Waals surface area contributed by atoms with Crippen molar-refractivity contribution in [2.45, 2.75) is 26.4 Å². The van der Waals surface area contributed by atoms with Gasteiger partial charge in [-0.25, -0.2) is 0 Å². The van der Waals surface area contributed by atoms with E-state index in [1.807, 2.05) is 18.0 Å². The van der Waals surface area contributed by atoms with Crippen molar-refractivity contribution in [1.29, 1.82) is 0 Å². The summed E-state index contributed by atoms with van der Waals surface area (Å²) in [4.78, 5) is 1.92. The van der Waals surface area contributed by atoms with Gasteiger partial charge in [-0.15, -0.1) is 0 Å². The summed E-state index contributed by atoms with van der Waals surface area (Å²) in [6.07, 6.45) is 0. The Bertz CT molecular complexity index is 389. The van der Waals surface area contributed by atoms with Crippen molar-refractivity contribution in [3.8, 4) is 5.75 Å². The van der Waals surface area contributed by atoms with Gasteiger partial charge in [0.15, 0.2) is 0 Å². The molecular weight excluding hydrogens is 230 g/mol. The number of hydrogen-bond donors (Lipinski definition) is 2. The molecule has 0 aliphatic carbocycles. The summed E-state index contributed by atoms with van der Waals surface area (Å²) >= 11 is 0. The molecule has 0 heterocycles. The Hall–Kier alpha value is -1.10. The monoisotopic (exact) mass is 253 g/mol. The van der Waals surface area contributed by atoms with Crippen LogP contribution in [0.4, 0.5) is 0 Å². The molecule has 0 radical (unpaired) electrons. The predicted molar refractivity (Wildman–Crippen MR) is 71.9 cm³/mol. The molecule has 0 unspecified atom stereocenters. The van der Waals surface area contributed by atoms with Crippen molar-refractivity contribution in [2.24, 2.45) is 0 Å². The number of hydrogen-bond acceptors (Lipinski definition) is 4. The maximum Gasteiger partial charge on any atom is 0.123 e. The van der Waals surface area contributed by atoms with Gasteiger partial charge in [-0.3, -0.25) is 4.90 Å². The summed E-state index contributed by atoms with van der Waals surface area (Å²) in [5.41, 5.74) is 3.47. The van der Waals surface area contributed by atoms with Gasteiger partial charge in [-0.2, -0.15) is 0 Å². The van der Waals surface area contributed by atoms with E-state index in [2.05, 4.69) is 19.9 Å². The largest absolute Gasteiger partial charge is 0.496 e. The molecule has 4 nitrogen and oxygen atoms in total. The minimum Gasteiger partial charge on any atom is -0.496 e. The Balaban J connectivity index is 2.92. The van der Waals surface area contributed by atoms with E-state index >= 15 is 0 Å². The molecule has 1 aromatic carbocycles. The van der Waals surface area contributed by atoms with Gasteiger partial charge in [0.05, 0.1) is 26.4 Å². The van der Waals surface area contributed by atoms with E-state index in [9.17, 15) is 0 Å². The first-order chi connectivity index (χ1) is 8.53. The SMILES string of the molecule is COc1cc(C)c(C)cc1CN(C)C(CO)CO. The van der Waals surface area contributed by atoms with Crippen molar-refractivity contribution in [3.05, 3.63) is 28.8 Å². The maximum absolute atomic E-state index is 9.17. The second-order valence-electron chi connectivity index (χ2n) is 4.68. The fourth-order valence-corrected chi connectivity index (χ4v) is 1.90. The fourth-order valence-electron chi connectivity index (χ4n) is 1.90. The highest BCUT2D eigenvalue weighted by molar-refractivity contribution is 5.41. The lowest BCUT2D eigenvalue weighted by atomic mass is 10.0. The third-order valence-electron chi connectivity index (χ3n) is 3.36. The summed E-state index contributed by atoms with van der Waals surface area (Å²) in [5.74, 6) is 0.847. The number of rotatable bonds is 6. The Kier molecular flexibility index (Phi) is 5.59. The van der Waals surface area contributed by atoms with Crippen molar-refractivity contribution < 1.29 is 14.9 Å². The highest BCUT2D eigenvalue weighted by Gasteiger charge is 2.15. The van der Waals surface area contributed by atoms with Crippen molar-refractivity contribution in [2.75, 3.05) is 27.4 Å². The van der Waals surface area contributed by atoms with Crippen LogP contribution >= 0.6 is 0 Å². The lowest BCUT2D eigenvalue weighted by Gasteiger charge is -2.25. The lowest BCUT2D eigenvalue weighted by molar-refractivity contribution is 0.0868. The number of ether oxygens (including phenoxy) is 1. The van der Waals surface area contributed by atoms with Crippen LogP contribution in [0.3, 0.4) is 0 Å². The van der Waals surface area contributed by atoms with Crippen LogP contribution < -0.4 is 4.74 Å². The summed E-state index contributed by atoms with van der Waals surface area (Å²) in [5, 5.41) is 18.3. The second kappa shape index (κ2) is 6.73. The molecule has 0 aromatic heterocycles. The van der Waals surface area contributed by atoms with Gasteiger partial charge < -0.3 is 14.9 Å². The molecule has 4 heteroatoms. The van der Waals surface area contributed by atoms with E-state index in [0.717, 1.165) is 11.3 Å². The molecule has 2 N–H and O–H groups in total. The highest BCUT2D eigenvalue weighted by Crippen LogP contribution is 2.24. The molecule has 0 saturated carbocycles. The number of aliphatic hydroxyl groups is 2. The van der Waals surface area contributed by atoms with Gasteiger partial charge in [0, 0.05) is 12.1 Å². The van der Waals surface area contributed by atoms with Crippen molar-refractivity contribution in [1.82, 2.24) is 4.90 Å². The number of aliphatic hydroxyl groups excluding tert-OH is 2. The Morgan fingerprint density at radius 1 is 1.17 bits per heavy atom. The van der Waals surface area contributed by atoms with Gasteiger partial charge in [0.1, 0.15) is 5.75 Å². The third kappa shape index (κ3) is 3.45. The molecule has 1 rings (SSSR count). The standard InChI is InChI=1S/C14H23NO3/c1-10-5-12(14(18-4)6-11(10)2)7-15(3)13(8-16)9-17/h5-6,13,16-17H,7-9H2,1-4H3. The zero-order valence-corrected chi connectivity index (χ0v) is 11.6. The Morgan fingerprint density at radius 3 is 2.22 bits per heavy atom. The van der Waals surface area contributed by atoms with Crippen molar-refractivity contribution in [3.63, 3.8) is 0 Å². The molecular formula is C14H23NO3. The fraction of sp³-hybridized carbons (Fsp3) is 0.571. The summed E-state index contributed by atoms with van der Waals surface area (Å²) < 4.78 is 5.38. The zero-order chi connectivity index (χ0) is 13.7. The first-order valence-corrected chi connectivity index (χ1v) is 6.09. The molecule has 18 heavy (non-hydrogen) atoms. The van der Waals surface area contributed by atoms with E-state index in [0.29, 0.717) is 6.54 Å². The summed E-state index contributed by atoms with van der Waals surface area (Å²) in [7, 11) is 3.54. The maximum atomic E-state index is 9.17. The van der Waals surface area contributed by atoms with Gasteiger partial charge in [0.2, 0.25) is 0 Å². The summed E-state index contributed by atoms with van der Waals surface area (Å²) in [6.45, 7) is 4.64. The third-order valence-corrected chi connectivity index (χ3v) is 3.36. The number of benzene rings is 1. The van der Waals surface area contributed by atoms with Crippen LogP contribution in [0.2, 0.25) is 0 Å². The summed E-state index contributed by atoms with van der Waals surface area (Å²) in [6, 6.07) is 3.87. The quantitative estimate of drug-likeness (QED) is 0.797. The van der Waals surface area contributed by atoms with Gasteiger partial charge in [-0.05, 0) is 38.1 Å². The first kappa shape index (κ1) is 15.0. The topological polar surface area (TPSA) is 52.9 Å². The average Bonchev–Trinajstić information content (AvgIpc) is 2.35. The van der Waals surface area contributed by atoms with Crippen LogP contribution in [0.5, 0.6) is 5.75 Å². The van der Waals surface area contributed by atoms with Gasteiger partial charge in [-0.1, -0.05) is 6.07 Å². The molecule has 0 atom stereocenters. The van der Waals surface area contributed by atoms with E-state index in [-0.39, 0.29) is 19.3 Å². The molecule has 0 bridgehead atoms. The minimum absolute atomic E-state index is 0.0554. The number of likely N-dealkylation sites (N-methyl/N-ethyl adjacent to an activating group) is 1. The second-order valence-corrected chi connectivity index (χ2v) is 4.68. The van der Waals surface area contributed by atoms with Crippen LogP contribution in [0.25, 0.3) is 0 Å².